The molecular weight excluding hydrogens is 186 g/mol. The predicted octanol–water partition coefficient (Wildman–Crippen LogP) is 1.40. The third-order valence-corrected chi connectivity index (χ3v) is 4.91. The van der Waals surface area contributed by atoms with Gasteiger partial charge in [0, 0.05) is 6.04 Å². The molecule has 4 heteroatoms. The normalized spacial score (nSPS) is 26.2. The van der Waals surface area contributed by atoms with Gasteiger partial charge in [0.25, 0.3) is 0 Å². The minimum Gasteiger partial charge on any atom is -0.212 e. The van der Waals surface area contributed by atoms with Crippen LogP contribution in [0, 0.1) is 0 Å². The van der Waals surface area contributed by atoms with Gasteiger partial charge in [0.05, 0.1) is 5.25 Å². The van der Waals surface area contributed by atoms with Gasteiger partial charge in [-0.05, 0) is 25.7 Å². The molecule has 2 rings (SSSR count). The molecule has 0 aromatic rings. The first-order chi connectivity index (χ1) is 6.18. The quantitative estimate of drug-likeness (QED) is 0.753. The summed E-state index contributed by atoms with van der Waals surface area (Å²) in [5.74, 6) is 0. The van der Waals surface area contributed by atoms with Crippen LogP contribution in [0.3, 0.4) is 0 Å². The van der Waals surface area contributed by atoms with Gasteiger partial charge < -0.3 is 0 Å². The van der Waals surface area contributed by atoms with E-state index < -0.39 is 10.0 Å². The maximum Gasteiger partial charge on any atom is 0.214 e. The van der Waals surface area contributed by atoms with Crippen molar-refractivity contribution < 1.29 is 8.42 Å². The summed E-state index contributed by atoms with van der Waals surface area (Å²) in [5.41, 5.74) is 0. The first-order valence-electron chi connectivity index (χ1n) is 5.19. The standard InChI is InChI=1S/C9H17NO2S/c11-13(12,10-8-6-7-8)9-4-2-1-3-5-9/h8-10H,1-7H2. The van der Waals surface area contributed by atoms with E-state index in [1.54, 1.807) is 0 Å². The number of nitrogens with one attached hydrogen (secondary N) is 1. The Hall–Kier alpha value is -0.0900. The third-order valence-electron chi connectivity index (χ3n) is 2.90. The Balaban J connectivity index is 1.95. The van der Waals surface area contributed by atoms with Gasteiger partial charge in [-0.2, -0.15) is 0 Å². The van der Waals surface area contributed by atoms with Gasteiger partial charge in [-0.3, -0.25) is 0 Å². The molecule has 0 heterocycles. The lowest BCUT2D eigenvalue weighted by molar-refractivity contribution is 0.477. The topological polar surface area (TPSA) is 46.2 Å². The fourth-order valence-electron chi connectivity index (χ4n) is 1.91. The molecule has 76 valence electrons. The summed E-state index contributed by atoms with van der Waals surface area (Å²) in [4.78, 5) is 0. The van der Waals surface area contributed by atoms with Crippen molar-refractivity contribution in [3.8, 4) is 0 Å². The van der Waals surface area contributed by atoms with Gasteiger partial charge >= 0.3 is 0 Å². The molecule has 0 spiro atoms. The van der Waals surface area contributed by atoms with Gasteiger partial charge in [0.2, 0.25) is 10.0 Å². The van der Waals surface area contributed by atoms with Gasteiger partial charge in [0.1, 0.15) is 0 Å². The number of sulfonamides is 1. The van der Waals surface area contributed by atoms with Crippen LogP contribution in [0.25, 0.3) is 0 Å². The smallest absolute Gasteiger partial charge is 0.212 e. The van der Waals surface area contributed by atoms with Gasteiger partial charge in [-0.15, -0.1) is 0 Å². The summed E-state index contributed by atoms with van der Waals surface area (Å²) in [7, 11) is -2.97. The molecule has 0 amide bonds. The van der Waals surface area contributed by atoms with Crippen molar-refractivity contribution in [3.05, 3.63) is 0 Å². The molecule has 0 saturated heterocycles. The highest BCUT2D eigenvalue weighted by Gasteiger charge is 2.32. The Labute approximate surface area is 80.0 Å². The Kier molecular flexibility index (Phi) is 2.60. The van der Waals surface area contributed by atoms with Crippen LogP contribution in [-0.4, -0.2) is 19.7 Å². The monoisotopic (exact) mass is 203 g/mol. The molecule has 13 heavy (non-hydrogen) atoms. The molecule has 0 unspecified atom stereocenters. The summed E-state index contributed by atoms with van der Waals surface area (Å²) < 4.78 is 26.2. The summed E-state index contributed by atoms with van der Waals surface area (Å²) in [5, 5.41) is -0.0955. The Morgan fingerprint density at radius 3 is 2.08 bits per heavy atom. The minimum atomic E-state index is -2.97. The van der Waals surface area contributed by atoms with Crippen molar-refractivity contribution in [1.29, 1.82) is 0 Å². The lowest BCUT2D eigenvalue weighted by Crippen LogP contribution is -2.36. The van der Waals surface area contributed by atoms with Gasteiger partial charge in [0.15, 0.2) is 0 Å². The van der Waals surface area contributed by atoms with Crippen LogP contribution in [-0.2, 0) is 10.0 Å². The maximum atomic E-state index is 11.7. The van der Waals surface area contributed by atoms with Crippen LogP contribution in [0.2, 0.25) is 0 Å². The van der Waals surface area contributed by atoms with Gasteiger partial charge in [-0.25, -0.2) is 13.1 Å². The first-order valence-corrected chi connectivity index (χ1v) is 6.74. The van der Waals surface area contributed by atoms with Crippen molar-refractivity contribution in [2.45, 2.75) is 56.2 Å². The van der Waals surface area contributed by atoms with E-state index in [0.29, 0.717) is 0 Å². The molecule has 0 radical (unpaired) electrons. The fourth-order valence-corrected chi connectivity index (χ4v) is 3.75. The number of hydrogen-bond acceptors (Lipinski definition) is 2. The van der Waals surface area contributed by atoms with Crippen LogP contribution in [0.5, 0.6) is 0 Å². The Morgan fingerprint density at radius 1 is 0.923 bits per heavy atom. The second-order valence-electron chi connectivity index (χ2n) is 4.20. The molecule has 2 fully saturated rings. The average molecular weight is 203 g/mol. The molecule has 3 nitrogen and oxygen atoms in total. The highest BCUT2D eigenvalue weighted by Crippen LogP contribution is 2.26. The zero-order chi connectivity index (χ0) is 9.31. The fraction of sp³-hybridized carbons (Fsp3) is 1.00. The molecule has 0 aliphatic heterocycles. The predicted molar refractivity (Wildman–Crippen MR) is 52.0 cm³/mol. The SMILES string of the molecule is O=S(=O)(NC1CC1)C1CCCCC1. The van der Waals surface area contributed by atoms with E-state index in [1.807, 2.05) is 0 Å². The van der Waals surface area contributed by atoms with E-state index in [-0.39, 0.29) is 11.3 Å². The number of rotatable bonds is 3. The van der Waals surface area contributed by atoms with Crippen molar-refractivity contribution in [2.24, 2.45) is 0 Å². The van der Waals surface area contributed by atoms with E-state index in [4.69, 9.17) is 0 Å². The Bertz CT molecular complexity index is 263. The van der Waals surface area contributed by atoms with Crippen LogP contribution in [0.1, 0.15) is 44.9 Å². The van der Waals surface area contributed by atoms with Crippen LogP contribution < -0.4 is 4.72 Å². The third kappa shape index (κ3) is 2.44. The molecule has 0 aromatic carbocycles. The first kappa shape index (κ1) is 9.46. The van der Waals surface area contributed by atoms with Gasteiger partial charge in [-0.1, -0.05) is 19.3 Å². The largest absolute Gasteiger partial charge is 0.214 e. The van der Waals surface area contributed by atoms with Crippen molar-refractivity contribution >= 4 is 10.0 Å². The molecule has 2 saturated carbocycles. The summed E-state index contributed by atoms with van der Waals surface area (Å²) in [6, 6.07) is 0.270. The van der Waals surface area contributed by atoms with E-state index in [9.17, 15) is 8.42 Å². The Morgan fingerprint density at radius 2 is 1.54 bits per heavy atom. The van der Waals surface area contributed by atoms with E-state index in [2.05, 4.69) is 4.72 Å². The molecule has 0 bridgehead atoms. The van der Waals surface area contributed by atoms with Crippen LogP contribution in [0.15, 0.2) is 0 Å². The van der Waals surface area contributed by atoms with Crippen LogP contribution in [0.4, 0.5) is 0 Å². The van der Waals surface area contributed by atoms with Crippen molar-refractivity contribution in [3.63, 3.8) is 0 Å². The van der Waals surface area contributed by atoms with Crippen molar-refractivity contribution in [2.75, 3.05) is 0 Å². The lowest BCUT2D eigenvalue weighted by Gasteiger charge is -2.21. The summed E-state index contributed by atoms with van der Waals surface area (Å²) in [6.45, 7) is 0. The molecule has 0 atom stereocenters. The van der Waals surface area contributed by atoms with Crippen molar-refractivity contribution in [1.82, 2.24) is 4.72 Å². The molecule has 2 aliphatic rings. The van der Waals surface area contributed by atoms with E-state index in [1.165, 1.54) is 6.42 Å². The summed E-state index contributed by atoms with van der Waals surface area (Å²) in [6.07, 6.45) is 7.16. The van der Waals surface area contributed by atoms with Crippen LogP contribution >= 0.6 is 0 Å². The second-order valence-corrected chi connectivity index (χ2v) is 6.19. The zero-order valence-corrected chi connectivity index (χ0v) is 8.65. The molecule has 1 N–H and O–H groups in total. The van der Waals surface area contributed by atoms with E-state index in [0.717, 1.165) is 38.5 Å². The average Bonchev–Trinajstić information content (AvgIpc) is 2.89. The highest BCUT2D eigenvalue weighted by atomic mass is 32.2. The second kappa shape index (κ2) is 3.58. The zero-order valence-electron chi connectivity index (χ0n) is 7.83. The summed E-state index contributed by atoms with van der Waals surface area (Å²) >= 11 is 0. The molecule has 2 aliphatic carbocycles. The van der Waals surface area contributed by atoms with E-state index >= 15 is 0 Å². The lowest BCUT2D eigenvalue weighted by atomic mass is 10.0. The molecule has 0 aromatic heterocycles. The maximum absolute atomic E-state index is 11.7. The molecular formula is C9H17NO2S. The highest BCUT2D eigenvalue weighted by molar-refractivity contribution is 7.90. The minimum absolute atomic E-state index is 0.0955. The number of hydrogen-bond donors (Lipinski definition) is 1.